The second-order valence-electron chi connectivity index (χ2n) is 6.39. The number of rotatable bonds is 4. The molecule has 0 unspecified atom stereocenters. The van der Waals surface area contributed by atoms with E-state index in [0.717, 1.165) is 22.0 Å². The van der Waals surface area contributed by atoms with Crippen LogP contribution in [0, 0.1) is 0 Å². The molecule has 2 aromatic rings. The number of anilines is 2. The average molecular weight is 377 g/mol. The molecule has 0 bridgehead atoms. The van der Waals surface area contributed by atoms with E-state index in [0.29, 0.717) is 11.6 Å². The van der Waals surface area contributed by atoms with Gasteiger partial charge in [-0.1, -0.05) is 30.4 Å². The maximum absolute atomic E-state index is 12.7. The van der Waals surface area contributed by atoms with Gasteiger partial charge in [0.1, 0.15) is 11.6 Å². The molecule has 0 spiro atoms. The molecule has 0 aliphatic carbocycles. The normalized spacial score (nSPS) is 16.3. The van der Waals surface area contributed by atoms with E-state index in [4.69, 9.17) is 0 Å². The van der Waals surface area contributed by atoms with Crippen LogP contribution < -0.4 is 10.2 Å². The highest BCUT2D eigenvalue weighted by molar-refractivity contribution is 8.00. The molecule has 1 N–H and O–H groups in total. The Morgan fingerprint density at radius 2 is 2.08 bits per heavy atom. The van der Waals surface area contributed by atoms with Gasteiger partial charge >= 0.3 is 0 Å². The maximum Gasteiger partial charge on any atom is 0.246 e. The first kappa shape index (κ1) is 17.9. The third-order valence-electron chi connectivity index (χ3n) is 3.74. The fraction of sp³-hybridized carbons (Fsp3) is 0.412. The first-order valence-electron chi connectivity index (χ1n) is 8.08. The topological polar surface area (TPSA) is 75.2 Å². The van der Waals surface area contributed by atoms with Crippen LogP contribution in [0.25, 0.3) is 0 Å². The highest BCUT2D eigenvalue weighted by atomic mass is 32.2. The van der Waals surface area contributed by atoms with Crippen molar-refractivity contribution in [2.45, 2.75) is 43.3 Å². The molecule has 3 rings (SSSR count). The Morgan fingerprint density at radius 1 is 1.32 bits per heavy atom. The Balaban J connectivity index is 1.80. The van der Waals surface area contributed by atoms with E-state index >= 15 is 0 Å². The summed E-state index contributed by atoms with van der Waals surface area (Å²) in [7, 11) is 0. The van der Waals surface area contributed by atoms with Crippen LogP contribution >= 0.6 is 23.1 Å². The number of amides is 2. The number of fused-ring (bicyclic) bond motifs is 1. The third kappa shape index (κ3) is 4.19. The zero-order valence-electron chi connectivity index (χ0n) is 14.4. The largest absolute Gasteiger partial charge is 0.302 e. The van der Waals surface area contributed by atoms with Crippen LogP contribution in [0.15, 0.2) is 29.2 Å². The lowest BCUT2D eigenvalue weighted by molar-refractivity contribution is -0.121. The molecule has 0 fully saturated rings. The number of thioether (sulfide) groups is 1. The van der Waals surface area contributed by atoms with Crippen molar-refractivity contribution >= 4 is 45.7 Å². The lowest BCUT2D eigenvalue weighted by Crippen LogP contribution is -2.39. The second kappa shape index (κ2) is 7.13. The summed E-state index contributed by atoms with van der Waals surface area (Å²) in [6.45, 7) is 6.04. The lowest BCUT2D eigenvalue weighted by Gasteiger charge is -2.22. The van der Waals surface area contributed by atoms with Gasteiger partial charge in [0.25, 0.3) is 0 Å². The summed E-state index contributed by atoms with van der Waals surface area (Å²) in [5.41, 5.74) is 0.782. The zero-order chi connectivity index (χ0) is 18.0. The number of para-hydroxylation sites is 1. The molecule has 1 aromatic heterocycles. The van der Waals surface area contributed by atoms with Crippen LogP contribution in [0.1, 0.15) is 32.2 Å². The van der Waals surface area contributed by atoms with E-state index in [-0.39, 0.29) is 23.1 Å². The molecular weight excluding hydrogens is 356 g/mol. The molecule has 2 amide bonds. The van der Waals surface area contributed by atoms with Crippen LogP contribution in [0.5, 0.6) is 0 Å². The summed E-state index contributed by atoms with van der Waals surface area (Å²) in [6, 6.07) is 7.70. The molecule has 8 heteroatoms. The Labute approximate surface area is 155 Å². The van der Waals surface area contributed by atoms with Gasteiger partial charge in [-0.25, -0.2) is 0 Å². The molecule has 0 radical (unpaired) electrons. The molecule has 0 saturated carbocycles. The fourth-order valence-corrected chi connectivity index (χ4v) is 4.53. The SMILES string of the molecule is CCc1nnc(NC(=O)CN2C(=O)CC(C)(C)Sc3ccccc32)s1. The van der Waals surface area contributed by atoms with Gasteiger partial charge in [-0.3, -0.25) is 14.9 Å². The Bertz CT molecular complexity index is 803. The van der Waals surface area contributed by atoms with E-state index in [1.807, 2.05) is 45.0 Å². The van der Waals surface area contributed by atoms with Crippen molar-refractivity contribution in [3.8, 4) is 0 Å². The summed E-state index contributed by atoms with van der Waals surface area (Å²) in [5, 5.41) is 12.0. The van der Waals surface area contributed by atoms with Gasteiger partial charge in [0.2, 0.25) is 16.9 Å². The van der Waals surface area contributed by atoms with Crippen molar-refractivity contribution in [1.29, 1.82) is 0 Å². The minimum atomic E-state index is -0.272. The van der Waals surface area contributed by atoms with Gasteiger partial charge < -0.3 is 4.90 Å². The van der Waals surface area contributed by atoms with Crippen LogP contribution in [0.4, 0.5) is 10.8 Å². The first-order valence-corrected chi connectivity index (χ1v) is 9.72. The number of hydrogen-bond acceptors (Lipinski definition) is 6. The van der Waals surface area contributed by atoms with E-state index in [2.05, 4.69) is 15.5 Å². The van der Waals surface area contributed by atoms with Crippen molar-refractivity contribution in [1.82, 2.24) is 10.2 Å². The number of aryl methyl sites for hydroxylation is 1. The molecule has 2 heterocycles. The molecule has 1 aromatic carbocycles. The molecule has 25 heavy (non-hydrogen) atoms. The Hall–Kier alpha value is -1.93. The summed E-state index contributed by atoms with van der Waals surface area (Å²) in [4.78, 5) is 27.7. The summed E-state index contributed by atoms with van der Waals surface area (Å²) in [6.07, 6.45) is 1.15. The Morgan fingerprint density at radius 3 is 2.80 bits per heavy atom. The minimum absolute atomic E-state index is 0.0342. The second-order valence-corrected chi connectivity index (χ2v) is 9.20. The maximum atomic E-state index is 12.7. The summed E-state index contributed by atoms with van der Waals surface area (Å²) in [5.74, 6) is -0.323. The predicted octanol–water partition coefficient (Wildman–Crippen LogP) is 3.35. The molecule has 1 aliphatic rings. The number of nitrogens with one attached hydrogen (secondary N) is 1. The standard InChI is InChI=1S/C17H20N4O2S2/c1-4-14-19-20-16(24-14)18-13(22)10-21-11-7-5-6-8-12(11)25-17(2,3)9-15(21)23/h5-8H,4,9-10H2,1-3H3,(H,18,20,22). The minimum Gasteiger partial charge on any atom is -0.302 e. The molecule has 132 valence electrons. The van der Waals surface area contributed by atoms with Crippen LogP contribution in [-0.4, -0.2) is 33.3 Å². The van der Waals surface area contributed by atoms with Crippen molar-refractivity contribution in [3.63, 3.8) is 0 Å². The third-order valence-corrected chi connectivity index (χ3v) is 5.98. The van der Waals surface area contributed by atoms with Gasteiger partial charge in [0.15, 0.2) is 0 Å². The molecule has 0 saturated heterocycles. The number of carbonyl (C=O) groups excluding carboxylic acids is 2. The highest BCUT2D eigenvalue weighted by Gasteiger charge is 2.33. The van der Waals surface area contributed by atoms with Gasteiger partial charge in [-0.05, 0) is 32.4 Å². The molecular formula is C17H20N4O2S2. The number of hydrogen-bond donors (Lipinski definition) is 1. The fourth-order valence-electron chi connectivity index (χ4n) is 2.62. The number of aromatic nitrogens is 2. The van der Waals surface area contributed by atoms with Crippen molar-refractivity contribution in [3.05, 3.63) is 29.3 Å². The number of nitrogens with zero attached hydrogens (tertiary/aromatic N) is 3. The monoisotopic (exact) mass is 376 g/mol. The van der Waals surface area contributed by atoms with E-state index in [9.17, 15) is 9.59 Å². The molecule has 1 aliphatic heterocycles. The van der Waals surface area contributed by atoms with Crippen LogP contribution in [-0.2, 0) is 16.0 Å². The van der Waals surface area contributed by atoms with Gasteiger partial charge in [-0.2, -0.15) is 0 Å². The molecule has 6 nitrogen and oxygen atoms in total. The smallest absolute Gasteiger partial charge is 0.246 e. The Kier molecular flexibility index (Phi) is 5.10. The van der Waals surface area contributed by atoms with E-state index in [1.165, 1.54) is 11.3 Å². The first-order chi connectivity index (χ1) is 11.9. The van der Waals surface area contributed by atoms with Crippen LogP contribution in [0.3, 0.4) is 0 Å². The van der Waals surface area contributed by atoms with Crippen molar-refractivity contribution < 1.29 is 9.59 Å². The van der Waals surface area contributed by atoms with Gasteiger partial charge in [0.05, 0.1) is 5.69 Å². The predicted molar refractivity (Wildman–Crippen MR) is 101 cm³/mol. The quantitative estimate of drug-likeness (QED) is 0.886. The summed E-state index contributed by atoms with van der Waals surface area (Å²) < 4.78 is -0.215. The van der Waals surface area contributed by atoms with Crippen molar-refractivity contribution in [2.24, 2.45) is 0 Å². The van der Waals surface area contributed by atoms with E-state index < -0.39 is 0 Å². The van der Waals surface area contributed by atoms with Crippen LogP contribution in [0.2, 0.25) is 0 Å². The number of carbonyl (C=O) groups is 2. The summed E-state index contributed by atoms with van der Waals surface area (Å²) >= 11 is 3.02. The molecule has 0 atom stereocenters. The average Bonchev–Trinajstić information content (AvgIpc) is 2.96. The highest BCUT2D eigenvalue weighted by Crippen LogP contribution is 2.43. The van der Waals surface area contributed by atoms with Gasteiger partial charge in [0, 0.05) is 16.1 Å². The lowest BCUT2D eigenvalue weighted by atomic mass is 10.1. The van der Waals surface area contributed by atoms with Gasteiger partial charge in [-0.15, -0.1) is 22.0 Å². The van der Waals surface area contributed by atoms with E-state index in [1.54, 1.807) is 16.7 Å². The number of benzene rings is 1. The zero-order valence-corrected chi connectivity index (χ0v) is 16.0. The van der Waals surface area contributed by atoms with Crippen molar-refractivity contribution in [2.75, 3.05) is 16.8 Å².